The molecule has 2 atom stereocenters. The molecule has 0 spiro atoms. The van der Waals surface area contributed by atoms with Crippen molar-refractivity contribution < 1.29 is 14.4 Å². The molecule has 18 heavy (non-hydrogen) atoms. The highest BCUT2D eigenvalue weighted by Gasteiger charge is 2.26. The molecule has 0 saturated heterocycles. The molecular weight excluding hydrogens is 234 g/mol. The SMILES string of the molecule is CCOC(c1noc(CC(C)(O)CN)n1)C(C)C. The molecule has 104 valence electrons. The fourth-order valence-electron chi connectivity index (χ4n) is 1.60. The number of hydrogen-bond donors (Lipinski definition) is 2. The molecule has 6 heteroatoms. The van der Waals surface area contributed by atoms with Crippen LogP contribution in [0.1, 0.15) is 45.5 Å². The summed E-state index contributed by atoms with van der Waals surface area (Å²) in [6, 6.07) is 0. The molecule has 3 N–H and O–H groups in total. The Kier molecular flexibility index (Phi) is 5.25. The van der Waals surface area contributed by atoms with Crippen molar-refractivity contribution in [2.24, 2.45) is 11.7 Å². The zero-order valence-electron chi connectivity index (χ0n) is 11.5. The van der Waals surface area contributed by atoms with E-state index in [1.165, 1.54) is 0 Å². The van der Waals surface area contributed by atoms with Gasteiger partial charge in [-0.1, -0.05) is 19.0 Å². The first-order valence-corrected chi connectivity index (χ1v) is 6.26. The summed E-state index contributed by atoms with van der Waals surface area (Å²) in [7, 11) is 0. The van der Waals surface area contributed by atoms with Gasteiger partial charge in [-0.3, -0.25) is 0 Å². The highest BCUT2D eigenvalue weighted by Crippen LogP contribution is 2.23. The summed E-state index contributed by atoms with van der Waals surface area (Å²) in [5, 5.41) is 13.8. The molecule has 6 nitrogen and oxygen atoms in total. The Balaban J connectivity index is 2.78. The Morgan fingerprint density at radius 1 is 1.50 bits per heavy atom. The Bertz CT molecular complexity index is 363. The third-order valence-corrected chi connectivity index (χ3v) is 2.66. The number of aromatic nitrogens is 2. The third kappa shape index (κ3) is 4.04. The molecule has 2 unspecified atom stereocenters. The van der Waals surface area contributed by atoms with Gasteiger partial charge in [0, 0.05) is 13.2 Å². The standard InChI is InChI=1S/C12H23N3O3/c1-5-17-10(8(2)3)11-14-9(18-15-11)6-12(4,16)7-13/h8,10,16H,5-7,13H2,1-4H3. The number of rotatable bonds is 7. The number of ether oxygens (including phenoxy) is 1. The maximum absolute atomic E-state index is 9.85. The molecule has 0 aromatic carbocycles. The van der Waals surface area contributed by atoms with E-state index in [1.807, 2.05) is 20.8 Å². The zero-order chi connectivity index (χ0) is 13.8. The maximum Gasteiger partial charge on any atom is 0.229 e. The van der Waals surface area contributed by atoms with Crippen LogP contribution >= 0.6 is 0 Å². The summed E-state index contributed by atoms with van der Waals surface area (Å²) < 4.78 is 10.7. The van der Waals surface area contributed by atoms with Gasteiger partial charge >= 0.3 is 0 Å². The van der Waals surface area contributed by atoms with E-state index in [1.54, 1.807) is 6.92 Å². The van der Waals surface area contributed by atoms with Crippen LogP contribution in [0.2, 0.25) is 0 Å². The molecule has 0 amide bonds. The Morgan fingerprint density at radius 3 is 2.67 bits per heavy atom. The third-order valence-electron chi connectivity index (χ3n) is 2.66. The minimum Gasteiger partial charge on any atom is -0.388 e. The fourth-order valence-corrected chi connectivity index (χ4v) is 1.60. The van der Waals surface area contributed by atoms with Crippen molar-refractivity contribution in [3.05, 3.63) is 11.7 Å². The fraction of sp³-hybridized carbons (Fsp3) is 0.833. The second-order valence-corrected chi connectivity index (χ2v) is 5.04. The van der Waals surface area contributed by atoms with E-state index in [9.17, 15) is 5.11 Å². The average Bonchev–Trinajstić information content (AvgIpc) is 2.73. The lowest BCUT2D eigenvalue weighted by molar-refractivity contribution is 0.0217. The lowest BCUT2D eigenvalue weighted by Gasteiger charge is -2.18. The second kappa shape index (κ2) is 6.26. The van der Waals surface area contributed by atoms with Crippen LogP contribution in [-0.4, -0.2) is 34.0 Å². The molecule has 1 aromatic rings. The zero-order valence-corrected chi connectivity index (χ0v) is 11.5. The number of hydrogen-bond acceptors (Lipinski definition) is 6. The van der Waals surface area contributed by atoms with E-state index in [4.69, 9.17) is 15.0 Å². The van der Waals surface area contributed by atoms with Gasteiger partial charge in [-0.05, 0) is 19.8 Å². The van der Waals surface area contributed by atoms with Crippen molar-refractivity contribution in [3.8, 4) is 0 Å². The lowest BCUT2D eigenvalue weighted by atomic mass is 10.0. The van der Waals surface area contributed by atoms with E-state index in [0.29, 0.717) is 18.3 Å². The van der Waals surface area contributed by atoms with Crippen molar-refractivity contribution in [1.29, 1.82) is 0 Å². The monoisotopic (exact) mass is 257 g/mol. The van der Waals surface area contributed by atoms with Crippen molar-refractivity contribution >= 4 is 0 Å². The van der Waals surface area contributed by atoms with Gasteiger partial charge in [0.25, 0.3) is 0 Å². The number of nitrogens with zero attached hydrogens (tertiary/aromatic N) is 2. The molecule has 0 bridgehead atoms. The van der Waals surface area contributed by atoms with E-state index in [0.717, 1.165) is 0 Å². The molecule has 1 heterocycles. The van der Waals surface area contributed by atoms with Crippen LogP contribution in [0.25, 0.3) is 0 Å². The number of aliphatic hydroxyl groups is 1. The van der Waals surface area contributed by atoms with E-state index >= 15 is 0 Å². The quantitative estimate of drug-likeness (QED) is 0.758. The molecular formula is C12H23N3O3. The first-order valence-electron chi connectivity index (χ1n) is 6.26. The topological polar surface area (TPSA) is 94.4 Å². The van der Waals surface area contributed by atoms with Gasteiger partial charge < -0.3 is 20.1 Å². The van der Waals surface area contributed by atoms with Crippen molar-refractivity contribution in [3.63, 3.8) is 0 Å². The Hall–Kier alpha value is -0.980. The number of nitrogens with two attached hydrogens (primary N) is 1. The highest BCUT2D eigenvalue weighted by molar-refractivity contribution is 4.96. The molecule has 0 aliphatic carbocycles. The first-order chi connectivity index (χ1) is 8.39. The van der Waals surface area contributed by atoms with Crippen molar-refractivity contribution in [2.45, 2.75) is 45.8 Å². The summed E-state index contributed by atoms with van der Waals surface area (Å²) in [5.41, 5.74) is 4.43. The van der Waals surface area contributed by atoms with Gasteiger partial charge in [0.15, 0.2) is 0 Å². The van der Waals surface area contributed by atoms with Crippen LogP contribution < -0.4 is 5.73 Å². The summed E-state index contributed by atoms with van der Waals surface area (Å²) >= 11 is 0. The van der Waals surface area contributed by atoms with Crippen LogP contribution in [0.5, 0.6) is 0 Å². The van der Waals surface area contributed by atoms with Crippen LogP contribution in [0, 0.1) is 5.92 Å². The molecule has 1 rings (SSSR count). The summed E-state index contributed by atoms with van der Waals surface area (Å²) in [6.45, 7) is 8.37. The smallest absolute Gasteiger partial charge is 0.229 e. The Labute approximate surface area is 108 Å². The van der Waals surface area contributed by atoms with Crippen LogP contribution in [0.15, 0.2) is 4.52 Å². The summed E-state index contributed by atoms with van der Waals surface area (Å²) in [6.07, 6.45) is 0.0586. The predicted octanol–water partition coefficient (Wildman–Crippen LogP) is 1.06. The lowest BCUT2D eigenvalue weighted by Crippen LogP contribution is -2.36. The van der Waals surface area contributed by atoms with Crippen LogP contribution in [0.4, 0.5) is 0 Å². The van der Waals surface area contributed by atoms with E-state index < -0.39 is 5.60 Å². The normalized spacial score (nSPS) is 16.8. The van der Waals surface area contributed by atoms with E-state index in [-0.39, 0.29) is 25.0 Å². The van der Waals surface area contributed by atoms with Gasteiger partial charge in [-0.2, -0.15) is 4.98 Å². The van der Waals surface area contributed by atoms with Crippen molar-refractivity contribution in [2.75, 3.05) is 13.2 Å². The van der Waals surface area contributed by atoms with Crippen LogP contribution in [-0.2, 0) is 11.2 Å². The van der Waals surface area contributed by atoms with Gasteiger partial charge in [0.2, 0.25) is 11.7 Å². The van der Waals surface area contributed by atoms with Gasteiger partial charge in [-0.25, -0.2) is 0 Å². The minimum absolute atomic E-state index is 0.143. The van der Waals surface area contributed by atoms with E-state index in [2.05, 4.69) is 10.1 Å². The molecule has 1 aromatic heterocycles. The first kappa shape index (κ1) is 15.1. The van der Waals surface area contributed by atoms with Gasteiger partial charge in [0.1, 0.15) is 6.10 Å². The average molecular weight is 257 g/mol. The van der Waals surface area contributed by atoms with Gasteiger partial charge in [0.05, 0.1) is 12.0 Å². The van der Waals surface area contributed by atoms with Crippen molar-refractivity contribution in [1.82, 2.24) is 10.1 Å². The molecule has 0 fully saturated rings. The van der Waals surface area contributed by atoms with Crippen LogP contribution in [0.3, 0.4) is 0 Å². The maximum atomic E-state index is 9.85. The molecule has 0 aliphatic rings. The Morgan fingerprint density at radius 2 is 2.17 bits per heavy atom. The second-order valence-electron chi connectivity index (χ2n) is 5.04. The molecule has 0 radical (unpaired) electrons. The summed E-state index contributed by atoms with van der Waals surface area (Å²) in [4.78, 5) is 4.27. The molecule has 0 saturated carbocycles. The summed E-state index contributed by atoms with van der Waals surface area (Å²) in [5.74, 6) is 1.16. The minimum atomic E-state index is -1.03. The highest BCUT2D eigenvalue weighted by atomic mass is 16.5. The molecule has 0 aliphatic heterocycles. The largest absolute Gasteiger partial charge is 0.388 e. The predicted molar refractivity (Wildman–Crippen MR) is 66.9 cm³/mol. The van der Waals surface area contributed by atoms with Gasteiger partial charge in [-0.15, -0.1) is 0 Å².